The van der Waals surface area contributed by atoms with Crippen LogP contribution in [0.4, 0.5) is 26.3 Å². The van der Waals surface area contributed by atoms with Crippen molar-refractivity contribution in [3.8, 4) is 0 Å². The Morgan fingerprint density at radius 3 is 1.64 bits per heavy atom. The number of halogens is 6. The lowest BCUT2D eigenvalue weighted by Gasteiger charge is -2.38. The summed E-state index contributed by atoms with van der Waals surface area (Å²) in [5, 5.41) is 19.3. The highest BCUT2D eigenvalue weighted by Crippen LogP contribution is 2.48. The van der Waals surface area contributed by atoms with Gasteiger partial charge in [-0.1, -0.05) is 30.3 Å². The molecule has 0 unspecified atom stereocenters. The number of carbonyl (C=O) groups excluding carboxylic acids is 1. The average Bonchev–Trinajstić information content (AvgIpc) is 2.85. The Balaban J connectivity index is 2.01. The van der Waals surface area contributed by atoms with Gasteiger partial charge in [-0.15, -0.1) is 11.8 Å². The van der Waals surface area contributed by atoms with E-state index in [4.69, 9.17) is 0 Å². The maximum atomic E-state index is 14.0. The number of aromatic carboxylic acids is 2. The second-order valence-corrected chi connectivity index (χ2v) is 10.0. The molecule has 204 valence electrons. The number of ketones is 1. The van der Waals surface area contributed by atoms with E-state index < -0.39 is 81.7 Å². The number of thioether (sulfide) groups is 1. The fourth-order valence-corrected chi connectivity index (χ4v) is 6.09. The van der Waals surface area contributed by atoms with E-state index in [0.717, 1.165) is 36.0 Å². The van der Waals surface area contributed by atoms with Gasteiger partial charge in [-0.05, 0) is 54.3 Å². The van der Waals surface area contributed by atoms with Gasteiger partial charge in [-0.2, -0.15) is 26.3 Å². The fraction of sp³-hybridized carbons (Fsp3) is 0.222. The molecule has 0 bridgehead atoms. The molecule has 0 aliphatic carbocycles. The summed E-state index contributed by atoms with van der Waals surface area (Å²) in [6.45, 7) is 0. The van der Waals surface area contributed by atoms with Crippen LogP contribution in [0.3, 0.4) is 0 Å². The molecule has 12 heteroatoms. The van der Waals surface area contributed by atoms with Crippen molar-refractivity contribution < 1.29 is 50.9 Å². The first-order valence-electron chi connectivity index (χ1n) is 11.3. The first kappa shape index (κ1) is 28.2. The smallest absolute Gasteiger partial charge is 0.416 e. The average molecular weight is 568 g/mol. The Labute approximate surface area is 221 Å². The number of alkyl halides is 6. The van der Waals surface area contributed by atoms with E-state index in [1.54, 1.807) is 12.1 Å². The molecule has 4 rings (SSSR count). The molecule has 1 aliphatic rings. The van der Waals surface area contributed by atoms with E-state index in [1.165, 1.54) is 12.1 Å². The van der Waals surface area contributed by atoms with Gasteiger partial charge < -0.3 is 10.2 Å². The Morgan fingerprint density at radius 1 is 0.744 bits per heavy atom. The number of hydrogen-bond acceptors (Lipinski definition) is 4. The number of hydrogen-bond donors (Lipinski definition) is 2. The van der Waals surface area contributed by atoms with Crippen LogP contribution < -0.4 is 0 Å². The van der Waals surface area contributed by atoms with Crippen LogP contribution in [0.15, 0.2) is 65.6 Å². The molecule has 0 saturated carbocycles. The zero-order valence-corrected chi connectivity index (χ0v) is 20.5. The summed E-state index contributed by atoms with van der Waals surface area (Å²) in [6, 6.07) is 10.9. The summed E-state index contributed by atoms with van der Waals surface area (Å²) in [4.78, 5) is 38.3. The molecule has 0 spiro atoms. The third-order valence-electron chi connectivity index (χ3n) is 6.57. The van der Waals surface area contributed by atoms with Crippen molar-refractivity contribution in [2.45, 2.75) is 30.1 Å². The summed E-state index contributed by atoms with van der Waals surface area (Å²) in [7, 11) is 0. The standard InChI is InChI=1S/C27H18F6O5S/c28-26(29,30)19-8-3-6-14(23(35)36)17(19)11-25(13-39-21-10-2-1-5-16(21)22(25)34)12-18-15(24(37)38)7-4-9-20(18)27(31,32)33/h1-10H,11-13H2,(H,35,36)(H,37,38). The molecule has 1 heterocycles. The molecule has 0 radical (unpaired) electrons. The number of Topliss-reactive ketones (excluding diaryl/α,β-unsaturated/α-hetero) is 1. The van der Waals surface area contributed by atoms with Crippen molar-refractivity contribution in [1.29, 1.82) is 0 Å². The molecular formula is C27H18F6O5S. The van der Waals surface area contributed by atoms with Crippen molar-refractivity contribution in [3.05, 3.63) is 99.6 Å². The van der Waals surface area contributed by atoms with E-state index in [1.807, 2.05) is 0 Å². The molecule has 2 N–H and O–H groups in total. The van der Waals surface area contributed by atoms with Gasteiger partial charge >= 0.3 is 24.3 Å². The van der Waals surface area contributed by atoms with Gasteiger partial charge in [0.05, 0.1) is 27.7 Å². The Morgan fingerprint density at radius 2 is 1.21 bits per heavy atom. The third-order valence-corrected chi connectivity index (χ3v) is 7.94. The molecule has 1 aliphatic heterocycles. The lowest BCUT2D eigenvalue weighted by Crippen LogP contribution is -2.42. The molecular weight excluding hydrogens is 550 g/mol. The quantitative estimate of drug-likeness (QED) is 0.315. The Kier molecular flexibility index (Phi) is 7.28. The minimum Gasteiger partial charge on any atom is -0.478 e. The molecule has 5 nitrogen and oxygen atoms in total. The van der Waals surface area contributed by atoms with Gasteiger partial charge in [-0.3, -0.25) is 4.79 Å². The Bertz CT molecular complexity index is 1400. The van der Waals surface area contributed by atoms with Gasteiger partial charge in [-0.25, -0.2) is 9.59 Å². The zero-order chi connectivity index (χ0) is 28.8. The highest BCUT2D eigenvalue weighted by molar-refractivity contribution is 7.99. The normalized spacial score (nSPS) is 15.1. The van der Waals surface area contributed by atoms with E-state index in [2.05, 4.69) is 0 Å². The van der Waals surface area contributed by atoms with E-state index in [-0.39, 0.29) is 11.3 Å². The predicted molar refractivity (Wildman–Crippen MR) is 128 cm³/mol. The number of rotatable bonds is 6. The summed E-state index contributed by atoms with van der Waals surface area (Å²) >= 11 is 1.01. The largest absolute Gasteiger partial charge is 0.478 e. The number of carboxylic acids is 2. The molecule has 0 aromatic heterocycles. The lowest BCUT2D eigenvalue weighted by molar-refractivity contribution is -0.138. The molecule has 3 aromatic carbocycles. The first-order valence-corrected chi connectivity index (χ1v) is 12.3. The fourth-order valence-electron chi connectivity index (χ4n) is 4.84. The lowest BCUT2D eigenvalue weighted by atomic mass is 9.70. The van der Waals surface area contributed by atoms with Crippen molar-refractivity contribution in [2.75, 3.05) is 5.75 Å². The highest BCUT2D eigenvalue weighted by atomic mass is 32.2. The first-order chi connectivity index (χ1) is 18.2. The summed E-state index contributed by atoms with van der Waals surface area (Å²) in [5.74, 6) is -4.56. The summed E-state index contributed by atoms with van der Waals surface area (Å²) in [6.07, 6.45) is -11.9. The Hall–Kier alpha value is -3.80. The SMILES string of the molecule is O=C(O)c1cccc(C(F)(F)F)c1CC1(Cc2c(C(=O)O)cccc2C(F)(F)F)CSc2ccccc2C1=O. The summed E-state index contributed by atoms with van der Waals surface area (Å²) in [5.41, 5.74) is -7.76. The van der Waals surface area contributed by atoms with Crippen LogP contribution >= 0.6 is 11.8 Å². The van der Waals surface area contributed by atoms with Gasteiger partial charge in [0.25, 0.3) is 0 Å². The van der Waals surface area contributed by atoms with Crippen LogP contribution in [0.5, 0.6) is 0 Å². The minimum atomic E-state index is -5.04. The van der Waals surface area contributed by atoms with E-state index in [9.17, 15) is 50.9 Å². The van der Waals surface area contributed by atoms with Crippen molar-refractivity contribution in [2.24, 2.45) is 5.41 Å². The van der Waals surface area contributed by atoms with Crippen LogP contribution in [0.1, 0.15) is 53.3 Å². The molecule has 0 saturated heterocycles. The maximum Gasteiger partial charge on any atom is 0.416 e. The van der Waals surface area contributed by atoms with Crippen LogP contribution in [0, 0.1) is 5.41 Å². The molecule has 0 atom stereocenters. The molecule has 0 amide bonds. The van der Waals surface area contributed by atoms with Crippen molar-refractivity contribution in [3.63, 3.8) is 0 Å². The van der Waals surface area contributed by atoms with E-state index in [0.29, 0.717) is 17.0 Å². The van der Waals surface area contributed by atoms with E-state index >= 15 is 0 Å². The molecule has 3 aromatic rings. The molecule has 0 fully saturated rings. The maximum absolute atomic E-state index is 14.0. The van der Waals surface area contributed by atoms with Gasteiger partial charge in [0.15, 0.2) is 5.78 Å². The second-order valence-electron chi connectivity index (χ2n) is 9.02. The minimum absolute atomic E-state index is 0.0384. The van der Waals surface area contributed by atoms with Crippen LogP contribution in [0.25, 0.3) is 0 Å². The third kappa shape index (κ3) is 5.38. The number of carboxylic acid groups (broad SMARTS) is 2. The zero-order valence-electron chi connectivity index (χ0n) is 19.7. The monoisotopic (exact) mass is 568 g/mol. The van der Waals surface area contributed by atoms with Crippen molar-refractivity contribution >= 4 is 29.5 Å². The second kappa shape index (κ2) is 10.1. The topological polar surface area (TPSA) is 91.7 Å². The van der Waals surface area contributed by atoms with Gasteiger partial charge in [0.2, 0.25) is 0 Å². The highest BCUT2D eigenvalue weighted by Gasteiger charge is 2.48. The van der Waals surface area contributed by atoms with Crippen LogP contribution in [0.2, 0.25) is 0 Å². The molecule has 39 heavy (non-hydrogen) atoms. The van der Waals surface area contributed by atoms with Gasteiger partial charge in [0, 0.05) is 16.2 Å². The van der Waals surface area contributed by atoms with Crippen LogP contribution in [-0.2, 0) is 25.2 Å². The van der Waals surface area contributed by atoms with Crippen LogP contribution in [-0.4, -0.2) is 33.7 Å². The predicted octanol–water partition coefficient (Wildman–Crippen LogP) is 6.88. The van der Waals surface area contributed by atoms with Crippen molar-refractivity contribution in [1.82, 2.24) is 0 Å². The van der Waals surface area contributed by atoms with Gasteiger partial charge in [0.1, 0.15) is 0 Å². The number of fused-ring (bicyclic) bond motifs is 1. The number of benzene rings is 3. The summed E-state index contributed by atoms with van der Waals surface area (Å²) < 4.78 is 84.1. The number of carbonyl (C=O) groups is 3.